The predicted molar refractivity (Wildman–Crippen MR) is 73.0 cm³/mol. The second-order valence-corrected chi connectivity index (χ2v) is 4.78. The molecule has 100 valence electrons. The number of anilines is 1. The van der Waals surface area contributed by atoms with Gasteiger partial charge in [0.1, 0.15) is 0 Å². The second-order valence-electron chi connectivity index (χ2n) is 4.78. The highest BCUT2D eigenvalue weighted by Crippen LogP contribution is 2.26. The largest absolute Gasteiger partial charge is 0.383 e. The van der Waals surface area contributed by atoms with E-state index in [0.29, 0.717) is 6.04 Å². The maximum atomic E-state index is 5.32. The summed E-state index contributed by atoms with van der Waals surface area (Å²) in [5, 5.41) is 0. The van der Waals surface area contributed by atoms with Gasteiger partial charge >= 0.3 is 0 Å². The van der Waals surface area contributed by atoms with Gasteiger partial charge in [0, 0.05) is 19.9 Å². The molecule has 1 aromatic rings. The van der Waals surface area contributed by atoms with Gasteiger partial charge in [-0.1, -0.05) is 13.8 Å². The van der Waals surface area contributed by atoms with Crippen LogP contribution >= 0.6 is 0 Å². The fourth-order valence-electron chi connectivity index (χ4n) is 2.57. The molecule has 18 heavy (non-hydrogen) atoms. The van der Waals surface area contributed by atoms with Gasteiger partial charge in [-0.05, 0) is 25.7 Å². The summed E-state index contributed by atoms with van der Waals surface area (Å²) in [7, 11) is 1.77. The molecule has 0 saturated carbocycles. The first kappa shape index (κ1) is 13.3. The van der Waals surface area contributed by atoms with Crippen molar-refractivity contribution in [3.63, 3.8) is 0 Å². The molecule has 0 aromatic carbocycles. The lowest BCUT2D eigenvalue weighted by Gasteiger charge is -2.27. The molecule has 1 atom stereocenters. The summed E-state index contributed by atoms with van der Waals surface area (Å²) in [6.07, 6.45) is 6.18. The SMILES string of the molecule is CCc1cnc(CC)c(N2CCC[C@@H]2COC)n1. The zero-order chi connectivity index (χ0) is 13.0. The molecule has 4 nitrogen and oxygen atoms in total. The molecule has 0 spiro atoms. The number of ether oxygens (including phenoxy) is 1. The van der Waals surface area contributed by atoms with Crippen LogP contribution in [0, 0.1) is 0 Å². The van der Waals surface area contributed by atoms with Crippen LogP contribution in [0.3, 0.4) is 0 Å². The molecule has 1 aromatic heterocycles. The average molecular weight is 249 g/mol. The van der Waals surface area contributed by atoms with E-state index in [4.69, 9.17) is 9.72 Å². The van der Waals surface area contributed by atoms with Gasteiger partial charge in [-0.2, -0.15) is 0 Å². The van der Waals surface area contributed by atoms with E-state index in [0.717, 1.165) is 43.2 Å². The number of nitrogens with zero attached hydrogens (tertiary/aromatic N) is 3. The van der Waals surface area contributed by atoms with Crippen LogP contribution in [0.5, 0.6) is 0 Å². The standard InChI is InChI=1S/C14H23N3O/c1-4-11-9-15-13(5-2)14(16-11)17-8-6-7-12(17)10-18-3/h9,12H,4-8,10H2,1-3H3/t12-/m1/s1. The van der Waals surface area contributed by atoms with Crippen molar-refractivity contribution in [3.8, 4) is 0 Å². The van der Waals surface area contributed by atoms with Crippen LogP contribution < -0.4 is 4.90 Å². The van der Waals surface area contributed by atoms with Crippen molar-refractivity contribution in [2.45, 2.75) is 45.6 Å². The summed E-state index contributed by atoms with van der Waals surface area (Å²) >= 11 is 0. The highest BCUT2D eigenvalue weighted by Gasteiger charge is 2.27. The van der Waals surface area contributed by atoms with Gasteiger partial charge in [-0.3, -0.25) is 4.98 Å². The smallest absolute Gasteiger partial charge is 0.150 e. The van der Waals surface area contributed by atoms with E-state index < -0.39 is 0 Å². The molecule has 0 bridgehead atoms. The molecule has 0 aliphatic carbocycles. The number of aryl methyl sites for hydroxylation is 2. The monoisotopic (exact) mass is 249 g/mol. The van der Waals surface area contributed by atoms with E-state index in [1.165, 1.54) is 12.8 Å². The van der Waals surface area contributed by atoms with Crippen LogP contribution in [0.2, 0.25) is 0 Å². The molecule has 4 heteroatoms. The molecular formula is C14H23N3O. The fraction of sp³-hybridized carbons (Fsp3) is 0.714. The molecule has 2 rings (SSSR count). The van der Waals surface area contributed by atoms with Gasteiger partial charge in [0.2, 0.25) is 0 Å². The van der Waals surface area contributed by atoms with Gasteiger partial charge < -0.3 is 9.64 Å². The number of aromatic nitrogens is 2. The minimum absolute atomic E-state index is 0.460. The molecular weight excluding hydrogens is 226 g/mol. The maximum absolute atomic E-state index is 5.32. The normalized spacial score (nSPS) is 19.5. The van der Waals surface area contributed by atoms with Crippen molar-refractivity contribution >= 4 is 5.82 Å². The van der Waals surface area contributed by atoms with Crippen LogP contribution in [-0.4, -0.2) is 36.3 Å². The molecule has 0 amide bonds. The van der Waals surface area contributed by atoms with Gasteiger partial charge in [0.25, 0.3) is 0 Å². The summed E-state index contributed by atoms with van der Waals surface area (Å²) in [5.74, 6) is 1.08. The second kappa shape index (κ2) is 6.14. The molecule has 1 fully saturated rings. The van der Waals surface area contributed by atoms with E-state index in [1.807, 2.05) is 6.20 Å². The number of hydrogen-bond donors (Lipinski definition) is 0. The molecule has 2 heterocycles. The van der Waals surface area contributed by atoms with E-state index >= 15 is 0 Å². The first-order valence-corrected chi connectivity index (χ1v) is 6.90. The lowest BCUT2D eigenvalue weighted by atomic mass is 10.2. The summed E-state index contributed by atoms with van der Waals surface area (Å²) in [4.78, 5) is 11.7. The highest BCUT2D eigenvalue weighted by molar-refractivity contribution is 5.46. The third kappa shape index (κ3) is 2.64. The van der Waals surface area contributed by atoms with E-state index in [1.54, 1.807) is 7.11 Å². The zero-order valence-corrected chi connectivity index (χ0v) is 11.6. The molecule has 1 saturated heterocycles. The Labute approximate surface area is 109 Å². The quantitative estimate of drug-likeness (QED) is 0.802. The van der Waals surface area contributed by atoms with Crippen molar-refractivity contribution in [2.75, 3.05) is 25.2 Å². The Morgan fingerprint density at radius 1 is 1.39 bits per heavy atom. The van der Waals surface area contributed by atoms with Crippen molar-refractivity contribution < 1.29 is 4.74 Å². The Morgan fingerprint density at radius 3 is 2.89 bits per heavy atom. The summed E-state index contributed by atoms with van der Waals surface area (Å²) in [5.41, 5.74) is 2.18. The Hall–Kier alpha value is -1.16. The number of methoxy groups -OCH3 is 1. The van der Waals surface area contributed by atoms with Crippen LogP contribution in [0.25, 0.3) is 0 Å². The minimum atomic E-state index is 0.460. The molecule has 0 unspecified atom stereocenters. The fourth-order valence-corrected chi connectivity index (χ4v) is 2.57. The topological polar surface area (TPSA) is 38.2 Å². The highest BCUT2D eigenvalue weighted by atomic mass is 16.5. The molecule has 0 radical (unpaired) electrons. The van der Waals surface area contributed by atoms with E-state index in [2.05, 4.69) is 23.7 Å². The first-order valence-electron chi connectivity index (χ1n) is 6.90. The summed E-state index contributed by atoms with van der Waals surface area (Å²) in [6, 6.07) is 0.460. The van der Waals surface area contributed by atoms with Gasteiger partial charge in [-0.15, -0.1) is 0 Å². The Balaban J connectivity index is 2.29. The van der Waals surface area contributed by atoms with E-state index in [-0.39, 0.29) is 0 Å². The molecule has 1 aliphatic heterocycles. The maximum Gasteiger partial charge on any atom is 0.150 e. The van der Waals surface area contributed by atoms with Crippen LogP contribution in [0.15, 0.2) is 6.20 Å². The van der Waals surface area contributed by atoms with Crippen molar-refractivity contribution in [1.82, 2.24) is 9.97 Å². The first-order chi connectivity index (χ1) is 8.80. The Kier molecular flexibility index (Phi) is 4.53. The lowest BCUT2D eigenvalue weighted by molar-refractivity contribution is 0.180. The van der Waals surface area contributed by atoms with Crippen molar-refractivity contribution in [3.05, 3.63) is 17.6 Å². The zero-order valence-electron chi connectivity index (χ0n) is 11.6. The van der Waals surface area contributed by atoms with Crippen LogP contribution in [0.4, 0.5) is 5.82 Å². The number of rotatable bonds is 5. The third-order valence-corrected chi connectivity index (χ3v) is 3.58. The predicted octanol–water partition coefficient (Wildman–Crippen LogP) is 2.22. The van der Waals surface area contributed by atoms with Gasteiger partial charge in [-0.25, -0.2) is 4.98 Å². The Bertz CT molecular complexity index is 395. The van der Waals surface area contributed by atoms with Gasteiger partial charge in [0.15, 0.2) is 5.82 Å². The number of hydrogen-bond acceptors (Lipinski definition) is 4. The lowest BCUT2D eigenvalue weighted by Crippen LogP contribution is -2.34. The summed E-state index contributed by atoms with van der Waals surface area (Å²) in [6.45, 7) is 6.11. The summed E-state index contributed by atoms with van der Waals surface area (Å²) < 4.78 is 5.32. The third-order valence-electron chi connectivity index (χ3n) is 3.58. The van der Waals surface area contributed by atoms with E-state index in [9.17, 15) is 0 Å². The van der Waals surface area contributed by atoms with Crippen LogP contribution in [-0.2, 0) is 17.6 Å². The molecule has 1 aliphatic rings. The van der Waals surface area contributed by atoms with Crippen LogP contribution in [0.1, 0.15) is 38.1 Å². The van der Waals surface area contributed by atoms with Crippen molar-refractivity contribution in [1.29, 1.82) is 0 Å². The van der Waals surface area contributed by atoms with Gasteiger partial charge in [0.05, 0.1) is 24.0 Å². The minimum Gasteiger partial charge on any atom is -0.383 e. The Morgan fingerprint density at radius 2 is 2.22 bits per heavy atom. The molecule has 0 N–H and O–H groups in total. The van der Waals surface area contributed by atoms with Crippen molar-refractivity contribution in [2.24, 2.45) is 0 Å². The average Bonchev–Trinajstić information content (AvgIpc) is 2.86.